The average Bonchev–Trinajstić information content (AvgIpc) is 2.37. The molecule has 0 amide bonds. The fourth-order valence-corrected chi connectivity index (χ4v) is 2.67. The van der Waals surface area contributed by atoms with Gasteiger partial charge >= 0.3 is 0 Å². The molecule has 0 unspecified atom stereocenters. The molecule has 0 aliphatic carbocycles. The van der Waals surface area contributed by atoms with Gasteiger partial charge in [-0.15, -0.1) is 12.4 Å². The molecule has 0 aromatic heterocycles. The minimum atomic E-state index is -0.520. The number of aromatic hydroxyl groups is 1. The minimum absolute atomic E-state index is 0. The highest BCUT2D eigenvalue weighted by Crippen LogP contribution is 2.34. The van der Waals surface area contributed by atoms with Gasteiger partial charge in [-0.2, -0.15) is 0 Å². The van der Waals surface area contributed by atoms with Gasteiger partial charge in [0.25, 0.3) is 0 Å². The van der Waals surface area contributed by atoms with Crippen molar-refractivity contribution in [2.24, 2.45) is 0 Å². The average molecular weight is 309 g/mol. The molecule has 1 aromatic carbocycles. The van der Waals surface area contributed by atoms with Crippen LogP contribution >= 0.6 is 24.0 Å². The van der Waals surface area contributed by atoms with Crippen LogP contribution in [0.15, 0.2) is 12.1 Å². The Balaban J connectivity index is 0.00000180. The summed E-state index contributed by atoms with van der Waals surface area (Å²) < 4.78 is 13.4. The Bertz CT molecular complexity index is 425. The van der Waals surface area contributed by atoms with E-state index in [2.05, 4.69) is 5.32 Å². The first-order valence-corrected chi connectivity index (χ1v) is 6.51. The molecule has 0 spiro atoms. The topological polar surface area (TPSA) is 35.5 Å². The lowest BCUT2D eigenvalue weighted by Crippen LogP contribution is -2.45. The molecule has 2 rings (SSSR count). The van der Waals surface area contributed by atoms with E-state index in [0.717, 1.165) is 26.2 Å². The van der Waals surface area contributed by atoms with Crippen LogP contribution < -0.4 is 5.32 Å². The summed E-state index contributed by atoms with van der Waals surface area (Å²) in [4.78, 5) is 2.04. The molecule has 0 radical (unpaired) electrons. The Morgan fingerprint density at radius 3 is 2.63 bits per heavy atom. The second-order valence-corrected chi connectivity index (χ2v) is 5.05. The zero-order chi connectivity index (χ0) is 13.1. The molecular weight excluding hydrogens is 290 g/mol. The van der Waals surface area contributed by atoms with E-state index in [4.69, 9.17) is 11.6 Å². The van der Waals surface area contributed by atoms with E-state index in [1.54, 1.807) is 19.1 Å². The van der Waals surface area contributed by atoms with Gasteiger partial charge in [-0.25, -0.2) is 4.39 Å². The lowest BCUT2D eigenvalue weighted by molar-refractivity contribution is 0.145. The van der Waals surface area contributed by atoms with E-state index < -0.39 is 12.7 Å². The Morgan fingerprint density at radius 2 is 2.05 bits per heavy atom. The van der Waals surface area contributed by atoms with Gasteiger partial charge in [0.1, 0.15) is 12.4 Å². The monoisotopic (exact) mass is 308 g/mol. The van der Waals surface area contributed by atoms with Crippen molar-refractivity contribution in [3.8, 4) is 5.75 Å². The van der Waals surface area contributed by atoms with Gasteiger partial charge in [-0.3, -0.25) is 4.90 Å². The summed E-state index contributed by atoms with van der Waals surface area (Å²) in [6.45, 7) is 4.50. The van der Waals surface area contributed by atoms with Crippen LogP contribution in [0.5, 0.6) is 5.75 Å². The second-order valence-electron chi connectivity index (χ2n) is 4.62. The normalized spacial score (nSPS) is 17.8. The summed E-state index contributed by atoms with van der Waals surface area (Å²) in [6.07, 6.45) is 0. The maximum Gasteiger partial charge on any atom is 0.123 e. The molecular formula is C13H19Cl2FN2O. The first-order chi connectivity index (χ1) is 8.63. The number of aryl methyl sites for hydroxylation is 1. The van der Waals surface area contributed by atoms with Crippen LogP contribution in [0.4, 0.5) is 4.39 Å². The number of piperazine rings is 1. The van der Waals surface area contributed by atoms with Crippen LogP contribution in [0.25, 0.3) is 0 Å². The van der Waals surface area contributed by atoms with Crippen LogP contribution in [0.1, 0.15) is 17.2 Å². The molecule has 19 heavy (non-hydrogen) atoms. The zero-order valence-electron chi connectivity index (χ0n) is 10.8. The lowest BCUT2D eigenvalue weighted by atomic mass is 10.0. The number of hydrogen-bond acceptors (Lipinski definition) is 3. The van der Waals surface area contributed by atoms with Gasteiger partial charge in [0, 0.05) is 36.8 Å². The molecule has 2 N–H and O–H groups in total. The van der Waals surface area contributed by atoms with E-state index in [1.165, 1.54) is 0 Å². The highest BCUT2D eigenvalue weighted by molar-refractivity contribution is 6.30. The molecule has 1 atom stereocenters. The number of hydrogen-bond donors (Lipinski definition) is 2. The van der Waals surface area contributed by atoms with E-state index in [9.17, 15) is 9.50 Å². The summed E-state index contributed by atoms with van der Waals surface area (Å²) in [6, 6.07) is 2.94. The van der Waals surface area contributed by atoms with Crippen LogP contribution in [0, 0.1) is 6.92 Å². The number of halogens is 3. The van der Waals surface area contributed by atoms with Gasteiger partial charge < -0.3 is 10.4 Å². The molecule has 0 saturated carbocycles. The van der Waals surface area contributed by atoms with E-state index in [0.29, 0.717) is 16.1 Å². The van der Waals surface area contributed by atoms with Gasteiger partial charge in [-0.1, -0.05) is 11.6 Å². The minimum Gasteiger partial charge on any atom is -0.507 e. The summed E-state index contributed by atoms with van der Waals surface area (Å²) in [7, 11) is 0. The third-order valence-electron chi connectivity index (χ3n) is 3.39. The Labute approximate surface area is 124 Å². The summed E-state index contributed by atoms with van der Waals surface area (Å²) in [5, 5.41) is 13.9. The molecule has 1 aromatic rings. The second kappa shape index (κ2) is 7.29. The first kappa shape index (κ1) is 16.5. The largest absolute Gasteiger partial charge is 0.507 e. The number of rotatable bonds is 3. The Kier molecular flexibility index (Phi) is 6.33. The molecule has 6 heteroatoms. The van der Waals surface area contributed by atoms with Crippen LogP contribution in [0.3, 0.4) is 0 Å². The maximum atomic E-state index is 13.4. The van der Waals surface area contributed by atoms with Crippen molar-refractivity contribution < 1.29 is 9.50 Å². The number of phenolic OH excluding ortho intramolecular Hbond substituents is 1. The summed E-state index contributed by atoms with van der Waals surface area (Å²) >= 11 is 6.00. The predicted molar refractivity (Wildman–Crippen MR) is 78.3 cm³/mol. The van der Waals surface area contributed by atoms with E-state index in [-0.39, 0.29) is 18.2 Å². The Morgan fingerprint density at radius 1 is 1.42 bits per heavy atom. The van der Waals surface area contributed by atoms with Gasteiger partial charge in [0.15, 0.2) is 0 Å². The van der Waals surface area contributed by atoms with Crippen molar-refractivity contribution >= 4 is 24.0 Å². The van der Waals surface area contributed by atoms with E-state index in [1.807, 2.05) is 4.90 Å². The van der Waals surface area contributed by atoms with Gasteiger partial charge in [0.05, 0.1) is 6.04 Å². The van der Waals surface area contributed by atoms with Crippen molar-refractivity contribution in [2.75, 3.05) is 32.9 Å². The van der Waals surface area contributed by atoms with Gasteiger partial charge in [0.2, 0.25) is 0 Å². The number of nitrogens with one attached hydrogen (secondary N) is 1. The van der Waals surface area contributed by atoms with Crippen molar-refractivity contribution in [1.29, 1.82) is 0 Å². The van der Waals surface area contributed by atoms with Crippen molar-refractivity contribution in [1.82, 2.24) is 10.2 Å². The number of alkyl halides is 1. The third-order valence-corrected chi connectivity index (χ3v) is 3.61. The standard InChI is InChI=1S/C13H18ClFN2O.ClH/c1-9-6-10(14)7-11(13(9)18)12(8-15)17-4-2-16-3-5-17;/h6-7,12,16,18H,2-5,8H2,1H3;1H/t12-;/m1./s1. The van der Waals surface area contributed by atoms with Crippen LogP contribution in [-0.2, 0) is 0 Å². The molecule has 3 nitrogen and oxygen atoms in total. The third kappa shape index (κ3) is 3.72. The smallest absolute Gasteiger partial charge is 0.123 e. The van der Waals surface area contributed by atoms with Crippen molar-refractivity contribution in [3.05, 3.63) is 28.3 Å². The summed E-state index contributed by atoms with van der Waals surface area (Å²) in [5.41, 5.74) is 1.27. The fourth-order valence-electron chi connectivity index (χ4n) is 2.39. The lowest BCUT2D eigenvalue weighted by Gasteiger charge is -2.34. The van der Waals surface area contributed by atoms with E-state index >= 15 is 0 Å². The molecule has 1 fully saturated rings. The van der Waals surface area contributed by atoms with Crippen molar-refractivity contribution in [2.45, 2.75) is 13.0 Å². The van der Waals surface area contributed by atoms with Gasteiger partial charge in [-0.05, 0) is 24.6 Å². The van der Waals surface area contributed by atoms with Crippen LogP contribution in [0.2, 0.25) is 5.02 Å². The molecule has 1 aliphatic heterocycles. The molecule has 0 bridgehead atoms. The highest BCUT2D eigenvalue weighted by Gasteiger charge is 2.25. The van der Waals surface area contributed by atoms with Crippen LogP contribution in [-0.4, -0.2) is 42.9 Å². The molecule has 108 valence electrons. The molecule has 1 heterocycles. The SMILES string of the molecule is Cc1cc(Cl)cc([C@@H](CF)N2CCNCC2)c1O.Cl. The zero-order valence-corrected chi connectivity index (χ0v) is 12.4. The maximum absolute atomic E-state index is 13.4. The van der Waals surface area contributed by atoms with Crippen molar-refractivity contribution in [3.63, 3.8) is 0 Å². The highest BCUT2D eigenvalue weighted by atomic mass is 35.5. The molecule has 1 saturated heterocycles. The molecule has 1 aliphatic rings. The number of phenols is 1. The Hall–Kier alpha value is -0.550. The number of benzene rings is 1. The fraction of sp³-hybridized carbons (Fsp3) is 0.538. The first-order valence-electron chi connectivity index (χ1n) is 6.13. The number of nitrogens with zero attached hydrogens (tertiary/aromatic N) is 1. The predicted octanol–water partition coefficient (Wildman–Crippen LogP) is 2.69. The summed E-state index contributed by atoms with van der Waals surface area (Å²) in [5.74, 6) is 0.153. The quantitative estimate of drug-likeness (QED) is 0.901.